The number of Topliss-reactive ketones (excluding diaryl/α,β-unsaturated/α-hetero) is 2. The minimum Gasteiger partial charge on any atom is -0.476 e. The minimum atomic E-state index is -0.0923. The van der Waals surface area contributed by atoms with Gasteiger partial charge >= 0.3 is 0 Å². The van der Waals surface area contributed by atoms with Gasteiger partial charge in [0.2, 0.25) is 5.90 Å². The Morgan fingerprint density at radius 3 is 2.56 bits per heavy atom. The van der Waals surface area contributed by atoms with Crippen LogP contribution in [0.25, 0.3) is 0 Å². The molecule has 0 atom stereocenters. The second kappa shape index (κ2) is 5.58. The van der Waals surface area contributed by atoms with Gasteiger partial charge in [0, 0.05) is 12.0 Å². The van der Waals surface area contributed by atoms with Crippen molar-refractivity contribution in [3.05, 3.63) is 35.4 Å². The molecule has 0 bridgehead atoms. The lowest BCUT2D eigenvalue weighted by molar-refractivity contribution is -0.125. The molecular weight excluding hydrogens is 230 g/mol. The number of hydrogen-bond donors (Lipinski definition) is 0. The largest absolute Gasteiger partial charge is 0.476 e. The Labute approximate surface area is 106 Å². The molecule has 0 radical (unpaired) electrons. The van der Waals surface area contributed by atoms with E-state index in [0.29, 0.717) is 25.5 Å². The maximum Gasteiger partial charge on any atom is 0.216 e. The third kappa shape index (κ3) is 3.26. The summed E-state index contributed by atoms with van der Waals surface area (Å²) >= 11 is 0. The average molecular weight is 245 g/mol. The van der Waals surface area contributed by atoms with Crippen LogP contribution in [0.2, 0.25) is 0 Å². The van der Waals surface area contributed by atoms with E-state index in [1.807, 2.05) is 24.3 Å². The van der Waals surface area contributed by atoms with Crippen LogP contribution in [0.1, 0.15) is 24.5 Å². The standard InChI is InChI=1S/C14H15NO3/c1-10(16)8-13(17)9-11-2-4-12(5-3-11)14-15-6-7-18-14/h2-5H,6-9H2,1H3. The fourth-order valence-electron chi connectivity index (χ4n) is 1.84. The first-order chi connectivity index (χ1) is 8.65. The lowest BCUT2D eigenvalue weighted by Gasteiger charge is -2.03. The normalized spacial score (nSPS) is 13.9. The first-order valence-electron chi connectivity index (χ1n) is 5.93. The molecule has 0 unspecified atom stereocenters. The molecule has 0 N–H and O–H groups in total. The monoisotopic (exact) mass is 245 g/mol. The molecule has 0 saturated carbocycles. The number of carbonyl (C=O) groups is 2. The summed E-state index contributed by atoms with van der Waals surface area (Å²) in [6.45, 7) is 2.76. The third-order valence-electron chi connectivity index (χ3n) is 2.63. The Kier molecular flexibility index (Phi) is 3.87. The second-order valence-electron chi connectivity index (χ2n) is 4.33. The van der Waals surface area contributed by atoms with Crippen LogP contribution in [0.4, 0.5) is 0 Å². The summed E-state index contributed by atoms with van der Waals surface area (Å²) in [6.07, 6.45) is 0.310. The predicted octanol–water partition coefficient (Wildman–Crippen LogP) is 1.55. The third-order valence-corrected chi connectivity index (χ3v) is 2.63. The SMILES string of the molecule is CC(=O)CC(=O)Cc1ccc(C2=NCCO2)cc1. The molecule has 2 rings (SSSR count). The molecule has 0 saturated heterocycles. The number of rotatable bonds is 5. The fourth-order valence-corrected chi connectivity index (χ4v) is 1.84. The molecular formula is C14H15NO3. The highest BCUT2D eigenvalue weighted by atomic mass is 16.5. The van der Waals surface area contributed by atoms with Gasteiger partial charge in [-0.15, -0.1) is 0 Å². The Morgan fingerprint density at radius 2 is 2.00 bits per heavy atom. The van der Waals surface area contributed by atoms with E-state index < -0.39 is 0 Å². The minimum absolute atomic E-state index is 0.0115. The van der Waals surface area contributed by atoms with Gasteiger partial charge in [0.1, 0.15) is 18.2 Å². The van der Waals surface area contributed by atoms with Crippen molar-refractivity contribution in [2.45, 2.75) is 19.8 Å². The maximum absolute atomic E-state index is 11.5. The highest BCUT2D eigenvalue weighted by Gasteiger charge is 2.11. The van der Waals surface area contributed by atoms with Gasteiger partial charge in [0.05, 0.1) is 13.0 Å². The summed E-state index contributed by atoms with van der Waals surface area (Å²) in [6, 6.07) is 7.52. The quantitative estimate of drug-likeness (QED) is 0.740. The van der Waals surface area contributed by atoms with E-state index in [9.17, 15) is 9.59 Å². The summed E-state index contributed by atoms with van der Waals surface area (Å²) in [5, 5.41) is 0. The zero-order valence-electron chi connectivity index (χ0n) is 10.3. The summed E-state index contributed by atoms with van der Waals surface area (Å²) in [5.41, 5.74) is 1.83. The van der Waals surface area contributed by atoms with Crippen LogP contribution < -0.4 is 0 Å². The van der Waals surface area contributed by atoms with Gasteiger partial charge in [-0.25, -0.2) is 4.99 Å². The summed E-state index contributed by atoms with van der Waals surface area (Å²) in [4.78, 5) is 26.5. The van der Waals surface area contributed by atoms with Crippen LogP contribution >= 0.6 is 0 Å². The maximum atomic E-state index is 11.5. The van der Waals surface area contributed by atoms with Crippen molar-refractivity contribution in [3.8, 4) is 0 Å². The van der Waals surface area contributed by atoms with Crippen molar-refractivity contribution in [1.82, 2.24) is 0 Å². The van der Waals surface area contributed by atoms with Crippen LogP contribution in [-0.2, 0) is 20.7 Å². The van der Waals surface area contributed by atoms with E-state index in [2.05, 4.69) is 4.99 Å². The molecule has 0 fully saturated rings. The number of ether oxygens (including phenoxy) is 1. The van der Waals surface area contributed by atoms with E-state index in [1.165, 1.54) is 6.92 Å². The smallest absolute Gasteiger partial charge is 0.216 e. The van der Waals surface area contributed by atoms with Gasteiger partial charge < -0.3 is 4.74 Å². The molecule has 1 aromatic carbocycles. The van der Waals surface area contributed by atoms with Crippen LogP contribution in [0.3, 0.4) is 0 Å². The molecule has 94 valence electrons. The van der Waals surface area contributed by atoms with Gasteiger partial charge in [0.15, 0.2) is 0 Å². The van der Waals surface area contributed by atoms with Gasteiger partial charge in [-0.3, -0.25) is 9.59 Å². The zero-order valence-corrected chi connectivity index (χ0v) is 10.3. The molecule has 0 aromatic heterocycles. The number of benzene rings is 1. The topological polar surface area (TPSA) is 55.7 Å². The van der Waals surface area contributed by atoms with E-state index in [0.717, 1.165) is 11.1 Å². The average Bonchev–Trinajstić information content (AvgIpc) is 2.82. The summed E-state index contributed by atoms with van der Waals surface area (Å²) < 4.78 is 5.35. The number of aliphatic imine (C=N–C) groups is 1. The van der Waals surface area contributed by atoms with E-state index in [-0.39, 0.29) is 18.0 Å². The van der Waals surface area contributed by atoms with Gasteiger partial charge in [0.25, 0.3) is 0 Å². The molecule has 4 heteroatoms. The van der Waals surface area contributed by atoms with E-state index >= 15 is 0 Å². The van der Waals surface area contributed by atoms with Crippen LogP contribution in [0, 0.1) is 0 Å². The highest BCUT2D eigenvalue weighted by molar-refractivity contribution is 5.99. The molecule has 0 amide bonds. The number of ketones is 2. The molecule has 18 heavy (non-hydrogen) atoms. The lowest BCUT2D eigenvalue weighted by Crippen LogP contribution is -2.08. The van der Waals surface area contributed by atoms with E-state index in [4.69, 9.17) is 4.74 Å². The van der Waals surface area contributed by atoms with Crippen molar-refractivity contribution >= 4 is 17.5 Å². The Hall–Kier alpha value is -1.97. The van der Waals surface area contributed by atoms with Crippen molar-refractivity contribution in [2.24, 2.45) is 4.99 Å². The Balaban J connectivity index is 1.99. The molecule has 0 spiro atoms. The number of hydrogen-bond acceptors (Lipinski definition) is 4. The highest BCUT2D eigenvalue weighted by Crippen LogP contribution is 2.10. The van der Waals surface area contributed by atoms with Gasteiger partial charge in [-0.2, -0.15) is 0 Å². The fraction of sp³-hybridized carbons (Fsp3) is 0.357. The Bertz CT molecular complexity index is 488. The molecule has 1 aliphatic rings. The molecule has 1 aliphatic heterocycles. The van der Waals surface area contributed by atoms with Crippen molar-refractivity contribution in [2.75, 3.05) is 13.2 Å². The van der Waals surface area contributed by atoms with Gasteiger partial charge in [-0.05, 0) is 24.6 Å². The predicted molar refractivity (Wildman–Crippen MR) is 67.8 cm³/mol. The molecule has 1 aromatic rings. The van der Waals surface area contributed by atoms with Crippen LogP contribution in [-0.4, -0.2) is 30.6 Å². The van der Waals surface area contributed by atoms with E-state index in [1.54, 1.807) is 0 Å². The summed E-state index contributed by atoms with van der Waals surface area (Å²) in [5.74, 6) is 0.520. The molecule has 1 heterocycles. The first kappa shape index (κ1) is 12.5. The second-order valence-corrected chi connectivity index (χ2v) is 4.33. The van der Waals surface area contributed by atoms with Gasteiger partial charge in [-0.1, -0.05) is 12.1 Å². The zero-order chi connectivity index (χ0) is 13.0. The molecule has 0 aliphatic carbocycles. The van der Waals surface area contributed by atoms with Crippen molar-refractivity contribution < 1.29 is 14.3 Å². The summed E-state index contributed by atoms with van der Waals surface area (Å²) in [7, 11) is 0. The van der Waals surface area contributed by atoms with Crippen LogP contribution in [0.5, 0.6) is 0 Å². The lowest BCUT2D eigenvalue weighted by atomic mass is 10.0. The Morgan fingerprint density at radius 1 is 1.28 bits per heavy atom. The van der Waals surface area contributed by atoms with Crippen molar-refractivity contribution in [1.29, 1.82) is 0 Å². The van der Waals surface area contributed by atoms with Crippen molar-refractivity contribution in [3.63, 3.8) is 0 Å². The number of nitrogens with zero attached hydrogens (tertiary/aromatic N) is 1. The first-order valence-corrected chi connectivity index (χ1v) is 5.93. The van der Waals surface area contributed by atoms with Crippen LogP contribution in [0.15, 0.2) is 29.3 Å². The molecule has 4 nitrogen and oxygen atoms in total. The number of carbonyl (C=O) groups excluding carboxylic acids is 2.